The largest absolute Gasteiger partial charge is 0.508 e. The summed E-state index contributed by atoms with van der Waals surface area (Å²) in [7, 11) is 0. The van der Waals surface area contributed by atoms with Crippen molar-refractivity contribution in [1.29, 1.82) is 0 Å². The molecule has 1 aromatic heterocycles. The highest BCUT2D eigenvalue weighted by Crippen LogP contribution is 2.22. The SMILES string of the molecule is CCNC(=NCc1ncc(C(C)(C)C)o1)NCCCc1ccc(O)cc1.I. The Bertz CT molecular complexity index is 706. The number of aromatic nitrogens is 1. The monoisotopic (exact) mass is 486 g/mol. The van der Waals surface area contributed by atoms with Crippen LogP contribution in [-0.4, -0.2) is 29.1 Å². The van der Waals surface area contributed by atoms with E-state index in [4.69, 9.17) is 4.42 Å². The molecule has 0 amide bonds. The zero-order chi connectivity index (χ0) is 19.0. The predicted molar refractivity (Wildman–Crippen MR) is 120 cm³/mol. The second-order valence-electron chi connectivity index (χ2n) is 7.26. The molecule has 0 unspecified atom stereocenters. The molecule has 27 heavy (non-hydrogen) atoms. The number of halogens is 1. The number of nitrogens with zero attached hydrogens (tertiary/aromatic N) is 2. The third-order valence-corrected chi connectivity index (χ3v) is 3.88. The number of aliphatic imine (C=N–C) groups is 1. The maximum Gasteiger partial charge on any atom is 0.216 e. The maximum atomic E-state index is 9.31. The summed E-state index contributed by atoms with van der Waals surface area (Å²) in [5.74, 6) is 2.55. The Morgan fingerprint density at radius 1 is 1.19 bits per heavy atom. The van der Waals surface area contributed by atoms with Crippen LogP contribution in [0, 0.1) is 0 Å². The molecule has 1 aromatic carbocycles. The molecule has 6 nitrogen and oxygen atoms in total. The molecule has 0 aliphatic carbocycles. The van der Waals surface area contributed by atoms with Crippen LogP contribution >= 0.6 is 24.0 Å². The Balaban J connectivity index is 0.00000364. The van der Waals surface area contributed by atoms with Crippen LogP contribution in [0.15, 0.2) is 39.9 Å². The summed E-state index contributed by atoms with van der Waals surface area (Å²) in [5, 5.41) is 15.9. The normalized spacial score (nSPS) is 11.8. The zero-order valence-electron chi connectivity index (χ0n) is 16.6. The lowest BCUT2D eigenvalue weighted by Crippen LogP contribution is -2.37. The predicted octanol–water partition coefficient (Wildman–Crippen LogP) is 3.98. The summed E-state index contributed by atoms with van der Waals surface area (Å²) in [6.07, 6.45) is 3.70. The Morgan fingerprint density at radius 3 is 2.48 bits per heavy atom. The summed E-state index contributed by atoms with van der Waals surface area (Å²) in [4.78, 5) is 8.85. The number of phenols is 1. The van der Waals surface area contributed by atoms with Crippen molar-refractivity contribution in [2.45, 2.75) is 52.5 Å². The fourth-order valence-electron chi connectivity index (χ4n) is 2.38. The molecule has 0 saturated carbocycles. The lowest BCUT2D eigenvalue weighted by molar-refractivity contribution is 0.383. The Hall–Kier alpha value is -1.77. The third-order valence-electron chi connectivity index (χ3n) is 3.88. The molecule has 0 atom stereocenters. The fraction of sp³-hybridized carbons (Fsp3) is 0.500. The van der Waals surface area contributed by atoms with Crippen molar-refractivity contribution in [3.63, 3.8) is 0 Å². The fourth-order valence-corrected chi connectivity index (χ4v) is 2.38. The van der Waals surface area contributed by atoms with E-state index < -0.39 is 0 Å². The van der Waals surface area contributed by atoms with E-state index in [0.29, 0.717) is 18.2 Å². The number of aryl methyl sites for hydroxylation is 1. The van der Waals surface area contributed by atoms with Gasteiger partial charge in [0.1, 0.15) is 18.1 Å². The number of guanidine groups is 1. The van der Waals surface area contributed by atoms with E-state index in [-0.39, 0.29) is 29.4 Å². The molecule has 0 fully saturated rings. The minimum atomic E-state index is -0.0497. The van der Waals surface area contributed by atoms with E-state index in [1.165, 1.54) is 5.56 Å². The number of aromatic hydroxyl groups is 1. The molecule has 2 rings (SSSR count). The van der Waals surface area contributed by atoms with E-state index in [9.17, 15) is 5.11 Å². The van der Waals surface area contributed by atoms with Crippen LogP contribution in [0.2, 0.25) is 0 Å². The topological polar surface area (TPSA) is 82.7 Å². The molecule has 2 aromatic rings. The van der Waals surface area contributed by atoms with Gasteiger partial charge in [0, 0.05) is 18.5 Å². The Labute approximate surface area is 178 Å². The van der Waals surface area contributed by atoms with E-state index in [0.717, 1.165) is 37.7 Å². The minimum Gasteiger partial charge on any atom is -0.508 e. The summed E-state index contributed by atoms with van der Waals surface area (Å²) in [6, 6.07) is 7.33. The number of nitrogens with one attached hydrogen (secondary N) is 2. The van der Waals surface area contributed by atoms with Crippen LogP contribution in [-0.2, 0) is 18.4 Å². The number of oxazole rings is 1. The van der Waals surface area contributed by atoms with Gasteiger partial charge >= 0.3 is 0 Å². The molecular formula is C20H31IN4O2. The average molecular weight is 486 g/mol. The molecule has 7 heteroatoms. The van der Waals surface area contributed by atoms with Crippen LogP contribution < -0.4 is 10.6 Å². The Kier molecular flexibility index (Phi) is 9.62. The van der Waals surface area contributed by atoms with E-state index in [1.807, 2.05) is 19.1 Å². The van der Waals surface area contributed by atoms with Gasteiger partial charge in [0.15, 0.2) is 5.96 Å². The molecular weight excluding hydrogens is 455 g/mol. The van der Waals surface area contributed by atoms with Gasteiger partial charge in [0.25, 0.3) is 0 Å². The molecule has 0 aliphatic rings. The van der Waals surface area contributed by atoms with Gasteiger partial charge in [-0.3, -0.25) is 0 Å². The third kappa shape index (κ3) is 8.19. The minimum absolute atomic E-state index is 0. The van der Waals surface area contributed by atoms with Crippen molar-refractivity contribution < 1.29 is 9.52 Å². The highest BCUT2D eigenvalue weighted by molar-refractivity contribution is 14.0. The van der Waals surface area contributed by atoms with E-state index in [1.54, 1.807) is 18.3 Å². The smallest absolute Gasteiger partial charge is 0.216 e. The second kappa shape index (κ2) is 11.2. The summed E-state index contributed by atoms with van der Waals surface area (Å²) >= 11 is 0. The van der Waals surface area contributed by atoms with Gasteiger partial charge < -0.3 is 20.2 Å². The standard InChI is InChI=1S/C20H30N4O2.HI/c1-5-21-19(22-12-6-7-15-8-10-16(25)11-9-15)24-14-18-23-13-17(26-18)20(2,3)4;/h8-11,13,25H,5-7,12,14H2,1-4H3,(H2,21,22,24);1H. The van der Waals surface area contributed by atoms with Gasteiger partial charge in [0.2, 0.25) is 5.89 Å². The first kappa shape index (κ1) is 23.3. The van der Waals surface area contributed by atoms with Crippen molar-refractivity contribution in [3.05, 3.63) is 47.7 Å². The Morgan fingerprint density at radius 2 is 1.89 bits per heavy atom. The van der Waals surface area contributed by atoms with Crippen LogP contribution in [0.4, 0.5) is 0 Å². The molecule has 1 heterocycles. The molecule has 0 spiro atoms. The van der Waals surface area contributed by atoms with Crippen molar-refractivity contribution in [1.82, 2.24) is 15.6 Å². The number of benzene rings is 1. The van der Waals surface area contributed by atoms with E-state index in [2.05, 4.69) is 41.4 Å². The van der Waals surface area contributed by atoms with Gasteiger partial charge in [-0.05, 0) is 37.5 Å². The maximum absolute atomic E-state index is 9.31. The molecule has 0 radical (unpaired) electrons. The number of phenolic OH excluding ortho intramolecular Hbond substituents is 1. The van der Waals surface area contributed by atoms with E-state index >= 15 is 0 Å². The van der Waals surface area contributed by atoms with Crippen molar-refractivity contribution >= 4 is 29.9 Å². The first-order valence-electron chi connectivity index (χ1n) is 9.13. The van der Waals surface area contributed by atoms with Crippen LogP contribution in [0.1, 0.15) is 51.3 Å². The molecule has 150 valence electrons. The highest BCUT2D eigenvalue weighted by atomic mass is 127. The highest BCUT2D eigenvalue weighted by Gasteiger charge is 2.18. The molecule has 0 aliphatic heterocycles. The lowest BCUT2D eigenvalue weighted by Gasteiger charge is -2.13. The van der Waals surface area contributed by atoms with Crippen molar-refractivity contribution in [2.24, 2.45) is 4.99 Å². The van der Waals surface area contributed by atoms with Gasteiger partial charge in [-0.1, -0.05) is 32.9 Å². The number of rotatable bonds is 7. The van der Waals surface area contributed by atoms with Gasteiger partial charge in [-0.2, -0.15) is 0 Å². The van der Waals surface area contributed by atoms with Gasteiger partial charge in [-0.15, -0.1) is 24.0 Å². The molecule has 3 N–H and O–H groups in total. The van der Waals surface area contributed by atoms with Crippen LogP contribution in [0.25, 0.3) is 0 Å². The zero-order valence-corrected chi connectivity index (χ0v) is 18.9. The van der Waals surface area contributed by atoms with Crippen molar-refractivity contribution in [2.75, 3.05) is 13.1 Å². The summed E-state index contributed by atoms with van der Waals surface area (Å²) in [6.45, 7) is 10.3. The molecule has 0 saturated heterocycles. The second-order valence-corrected chi connectivity index (χ2v) is 7.26. The van der Waals surface area contributed by atoms with Crippen molar-refractivity contribution in [3.8, 4) is 5.75 Å². The summed E-state index contributed by atoms with van der Waals surface area (Å²) in [5.41, 5.74) is 1.16. The van der Waals surface area contributed by atoms with Gasteiger partial charge in [-0.25, -0.2) is 9.98 Å². The first-order chi connectivity index (χ1) is 12.4. The number of hydrogen-bond acceptors (Lipinski definition) is 4. The van der Waals surface area contributed by atoms with Gasteiger partial charge in [0.05, 0.1) is 6.20 Å². The first-order valence-corrected chi connectivity index (χ1v) is 9.13. The lowest BCUT2D eigenvalue weighted by atomic mass is 9.94. The average Bonchev–Trinajstić information content (AvgIpc) is 3.07. The van der Waals surface area contributed by atoms with Crippen LogP contribution in [0.5, 0.6) is 5.75 Å². The van der Waals surface area contributed by atoms with Crippen LogP contribution in [0.3, 0.4) is 0 Å². The molecule has 0 bridgehead atoms. The number of hydrogen-bond donors (Lipinski definition) is 3. The quantitative estimate of drug-likeness (QED) is 0.239. The summed E-state index contributed by atoms with van der Waals surface area (Å²) < 4.78 is 5.78.